The fourth-order valence-electron chi connectivity index (χ4n) is 3.28. The second-order valence-electron chi connectivity index (χ2n) is 6.45. The fraction of sp³-hybridized carbons (Fsp3) is 0.136. The summed E-state index contributed by atoms with van der Waals surface area (Å²) in [7, 11) is 0. The zero-order chi connectivity index (χ0) is 20.4. The Balaban J connectivity index is 1.85. The van der Waals surface area contributed by atoms with E-state index in [2.05, 4.69) is 16.0 Å². The summed E-state index contributed by atoms with van der Waals surface area (Å²) in [6, 6.07) is 15.3. The Morgan fingerprint density at radius 3 is 2.86 bits per heavy atom. The lowest BCUT2D eigenvalue weighted by atomic mass is 10.1. The van der Waals surface area contributed by atoms with Crippen LogP contribution in [0.3, 0.4) is 0 Å². The van der Waals surface area contributed by atoms with E-state index in [0.29, 0.717) is 40.2 Å². The van der Waals surface area contributed by atoms with E-state index in [-0.39, 0.29) is 12.2 Å². The standard InChI is InChI=1S/C22H17FN4O2/c1-2-29-20-8-7-17(23)10-18(20)16-9-19-21(25-12-16)26-22(28)27(19)13-15-6-4-3-5-14(15)11-24/h3-10,12H,2,13H2,1H3,(H,25,26,28). The van der Waals surface area contributed by atoms with E-state index in [9.17, 15) is 14.4 Å². The van der Waals surface area contributed by atoms with Gasteiger partial charge in [0.1, 0.15) is 11.6 Å². The summed E-state index contributed by atoms with van der Waals surface area (Å²) >= 11 is 0. The number of imidazole rings is 1. The molecule has 144 valence electrons. The van der Waals surface area contributed by atoms with Gasteiger partial charge in [-0.3, -0.25) is 9.55 Å². The SMILES string of the molecule is CCOc1ccc(F)cc1-c1cnc2[nH]c(=O)n(Cc3ccccc3C#N)c2c1. The average Bonchev–Trinajstić information content (AvgIpc) is 3.04. The third-order valence-electron chi connectivity index (χ3n) is 4.65. The lowest BCUT2D eigenvalue weighted by molar-refractivity contribution is 0.341. The Labute approximate surface area is 165 Å². The number of ether oxygens (including phenoxy) is 1. The van der Waals surface area contributed by atoms with Crippen LogP contribution in [0.15, 0.2) is 59.5 Å². The van der Waals surface area contributed by atoms with Crippen molar-refractivity contribution < 1.29 is 9.13 Å². The fourth-order valence-corrected chi connectivity index (χ4v) is 3.28. The van der Waals surface area contributed by atoms with E-state index in [4.69, 9.17) is 4.74 Å². The number of H-pyrrole nitrogens is 1. The van der Waals surface area contributed by atoms with Crippen molar-refractivity contribution in [3.63, 3.8) is 0 Å². The number of aromatic nitrogens is 3. The predicted octanol–water partition coefficient (Wildman–Crippen LogP) is 3.85. The highest BCUT2D eigenvalue weighted by molar-refractivity contribution is 5.80. The molecule has 2 aromatic carbocycles. The minimum absolute atomic E-state index is 0.217. The number of rotatable bonds is 5. The van der Waals surface area contributed by atoms with Gasteiger partial charge in [-0.15, -0.1) is 0 Å². The highest BCUT2D eigenvalue weighted by Crippen LogP contribution is 2.31. The maximum Gasteiger partial charge on any atom is 0.327 e. The van der Waals surface area contributed by atoms with E-state index in [1.54, 1.807) is 36.5 Å². The molecule has 0 unspecified atom stereocenters. The summed E-state index contributed by atoms with van der Waals surface area (Å²) < 4.78 is 21.0. The molecule has 0 radical (unpaired) electrons. The van der Waals surface area contributed by atoms with Gasteiger partial charge >= 0.3 is 5.69 Å². The lowest BCUT2D eigenvalue weighted by Crippen LogP contribution is -2.17. The molecular weight excluding hydrogens is 371 g/mol. The molecule has 4 aromatic rings. The number of halogens is 1. The van der Waals surface area contributed by atoms with Crippen LogP contribution < -0.4 is 10.4 Å². The van der Waals surface area contributed by atoms with Gasteiger partial charge in [0.2, 0.25) is 0 Å². The molecule has 29 heavy (non-hydrogen) atoms. The number of fused-ring (bicyclic) bond motifs is 1. The molecule has 2 heterocycles. The molecule has 2 aromatic heterocycles. The van der Waals surface area contributed by atoms with Crippen molar-refractivity contribution in [1.29, 1.82) is 5.26 Å². The summed E-state index contributed by atoms with van der Waals surface area (Å²) in [5.74, 6) is 0.146. The predicted molar refractivity (Wildman–Crippen MR) is 107 cm³/mol. The first-order valence-electron chi connectivity index (χ1n) is 9.10. The van der Waals surface area contributed by atoms with Gasteiger partial charge in [-0.1, -0.05) is 18.2 Å². The second kappa shape index (κ2) is 7.60. The largest absolute Gasteiger partial charge is 0.493 e. The highest BCUT2D eigenvalue weighted by atomic mass is 19.1. The third-order valence-corrected chi connectivity index (χ3v) is 4.65. The van der Waals surface area contributed by atoms with Gasteiger partial charge in [-0.25, -0.2) is 14.2 Å². The summed E-state index contributed by atoms with van der Waals surface area (Å²) in [6.45, 7) is 2.51. The smallest absolute Gasteiger partial charge is 0.327 e. The Bertz CT molecular complexity index is 1300. The van der Waals surface area contributed by atoms with E-state index in [1.165, 1.54) is 16.7 Å². The van der Waals surface area contributed by atoms with Crippen LogP contribution in [-0.2, 0) is 6.54 Å². The van der Waals surface area contributed by atoms with Crippen molar-refractivity contribution >= 4 is 11.2 Å². The van der Waals surface area contributed by atoms with Gasteiger partial charge < -0.3 is 4.74 Å². The summed E-state index contributed by atoms with van der Waals surface area (Å²) in [5.41, 5.74) is 3.06. The van der Waals surface area contributed by atoms with Crippen LogP contribution in [0.2, 0.25) is 0 Å². The number of nitrogens with zero attached hydrogens (tertiary/aromatic N) is 3. The van der Waals surface area contributed by atoms with Crippen LogP contribution in [0.25, 0.3) is 22.3 Å². The Morgan fingerprint density at radius 2 is 2.07 bits per heavy atom. The number of hydrogen-bond acceptors (Lipinski definition) is 4. The lowest BCUT2D eigenvalue weighted by Gasteiger charge is -2.11. The van der Waals surface area contributed by atoms with Crippen molar-refractivity contribution in [2.75, 3.05) is 6.61 Å². The maximum atomic E-state index is 13.9. The van der Waals surface area contributed by atoms with Gasteiger partial charge in [-0.05, 0) is 42.8 Å². The van der Waals surface area contributed by atoms with Crippen LogP contribution in [0.1, 0.15) is 18.1 Å². The third kappa shape index (κ3) is 3.48. The first-order chi connectivity index (χ1) is 14.1. The molecule has 0 fully saturated rings. The van der Waals surface area contributed by atoms with E-state index >= 15 is 0 Å². The summed E-state index contributed by atoms with van der Waals surface area (Å²) in [5, 5.41) is 9.32. The molecule has 0 saturated carbocycles. The summed E-state index contributed by atoms with van der Waals surface area (Å²) in [6.07, 6.45) is 1.57. The first kappa shape index (κ1) is 18.4. The van der Waals surface area contributed by atoms with Crippen molar-refractivity contribution in [2.24, 2.45) is 0 Å². The molecule has 0 amide bonds. The van der Waals surface area contributed by atoms with Crippen LogP contribution in [0, 0.1) is 17.1 Å². The number of nitriles is 1. The van der Waals surface area contributed by atoms with Crippen molar-refractivity contribution in [3.05, 3.63) is 82.2 Å². The van der Waals surface area contributed by atoms with E-state index in [0.717, 1.165) is 5.56 Å². The van der Waals surface area contributed by atoms with E-state index < -0.39 is 5.82 Å². The number of aromatic amines is 1. The average molecular weight is 388 g/mol. The van der Waals surface area contributed by atoms with Gasteiger partial charge in [-0.2, -0.15) is 5.26 Å². The zero-order valence-corrected chi connectivity index (χ0v) is 15.6. The Hall–Kier alpha value is -3.92. The molecule has 0 aliphatic heterocycles. The molecular formula is C22H17FN4O2. The number of benzene rings is 2. The first-order valence-corrected chi connectivity index (χ1v) is 9.10. The van der Waals surface area contributed by atoms with Crippen LogP contribution in [0.5, 0.6) is 5.75 Å². The Kier molecular flexibility index (Phi) is 4.83. The van der Waals surface area contributed by atoms with Gasteiger partial charge in [0.15, 0.2) is 5.65 Å². The second-order valence-corrected chi connectivity index (χ2v) is 6.45. The molecule has 1 N–H and O–H groups in total. The molecule has 7 heteroatoms. The molecule has 0 bridgehead atoms. The quantitative estimate of drug-likeness (QED) is 0.563. The number of hydrogen-bond donors (Lipinski definition) is 1. The minimum Gasteiger partial charge on any atom is -0.493 e. The van der Waals surface area contributed by atoms with Gasteiger partial charge in [0.25, 0.3) is 0 Å². The van der Waals surface area contributed by atoms with E-state index in [1.807, 2.05) is 13.0 Å². The maximum absolute atomic E-state index is 13.9. The number of pyridine rings is 1. The number of nitrogens with one attached hydrogen (secondary N) is 1. The monoisotopic (exact) mass is 388 g/mol. The molecule has 0 aliphatic carbocycles. The zero-order valence-electron chi connectivity index (χ0n) is 15.6. The van der Waals surface area contributed by atoms with Gasteiger partial charge in [0, 0.05) is 17.3 Å². The Morgan fingerprint density at radius 1 is 1.24 bits per heavy atom. The summed E-state index contributed by atoms with van der Waals surface area (Å²) in [4.78, 5) is 19.6. The highest BCUT2D eigenvalue weighted by Gasteiger charge is 2.14. The van der Waals surface area contributed by atoms with Crippen LogP contribution in [0.4, 0.5) is 4.39 Å². The van der Waals surface area contributed by atoms with Crippen LogP contribution in [-0.4, -0.2) is 21.1 Å². The van der Waals surface area contributed by atoms with Crippen molar-refractivity contribution in [2.45, 2.75) is 13.5 Å². The van der Waals surface area contributed by atoms with Crippen molar-refractivity contribution in [1.82, 2.24) is 14.5 Å². The van der Waals surface area contributed by atoms with Gasteiger partial charge in [0.05, 0.1) is 30.3 Å². The van der Waals surface area contributed by atoms with Crippen LogP contribution >= 0.6 is 0 Å². The molecule has 6 nitrogen and oxygen atoms in total. The molecule has 0 saturated heterocycles. The molecule has 0 atom stereocenters. The normalized spacial score (nSPS) is 10.8. The molecule has 0 aliphatic rings. The van der Waals surface area contributed by atoms with Crippen molar-refractivity contribution in [3.8, 4) is 22.9 Å². The topological polar surface area (TPSA) is 83.7 Å². The molecule has 0 spiro atoms. The molecule has 4 rings (SSSR count). The minimum atomic E-state index is -0.391.